The zero-order chi connectivity index (χ0) is 14.3. The van der Waals surface area contributed by atoms with Crippen molar-refractivity contribution in [2.24, 2.45) is 11.8 Å². The molecule has 3 nitrogen and oxygen atoms in total. The number of nitrogen functional groups attached to an aromatic ring is 1. The molecule has 1 aliphatic carbocycles. The second-order valence-electron chi connectivity index (χ2n) is 5.86. The molecule has 2 aromatic rings. The molecule has 0 spiro atoms. The Morgan fingerprint density at radius 2 is 2.15 bits per heavy atom. The third kappa shape index (κ3) is 2.37. The van der Waals surface area contributed by atoms with E-state index in [1.165, 1.54) is 31.7 Å². The van der Waals surface area contributed by atoms with Gasteiger partial charge in [-0.05, 0) is 24.3 Å². The first-order valence-electron chi connectivity index (χ1n) is 7.17. The van der Waals surface area contributed by atoms with Crippen molar-refractivity contribution in [1.82, 2.24) is 9.55 Å². The van der Waals surface area contributed by atoms with Gasteiger partial charge < -0.3 is 10.3 Å². The fourth-order valence-electron chi connectivity index (χ4n) is 3.23. The molecule has 5 heteroatoms. The third-order valence-corrected chi connectivity index (χ3v) is 4.82. The van der Waals surface area contributed by atoms with E-state index in [1.54, 1.807) is 6.07 Å². The van der Waals surface area contributed by atoms with Crippen LogP contribution in [0.1, 0.15) is 32.6 Å². The largest absolute Gasteiger partial charge is 0.369 e. The number of aromatic nitrogens is 2. The van der Waals surface area contributed by atoms with Gasteiger partial charge in [-0.25, -0.2) is 9.37 Å². The van der Waals surface area contributed by atoms with E-state index in [4.69, 9.17) is 17.3 Å². The van der Waals surface area contributed by atoms with Crippen molar-refractivity contribution >= 4 is 28.6 Å². The minimum Gasteiger partial charge on any atom is -0.369 e. The highest BCUT2D eigenvalue weighted by molar-refractivity contribution is 6.31. The Morgan fingerprint density at radius 3 is 2.90 bits per heavy atom. The highest BCUT2D eigenvalue weighted by atomic mass is 35.5. The number of benzene rings is 1. The summed E-state index contributed by atoms with van der Waals surface area (Å²) in [5.74, 6) is 1.29. The first-order valence-corrected chi connectivity index (χ1v) is 7.55. The summed E-state index contributed by atoms with van der Waals surface area (Å²) in [6.07, 6.45) is 5.08. The second-order valence-corrected chi connectivity index (χ2v) is 6.26. The minimum absolute atomic E-state index is 0.121. The predicted molar refractivity (Wildman–Crippen MR) is 80.2 cm³/mol. The molecular weight excluding hydrogens is 277 g/mol. The molecule has 2 atom stereocenters. The SMILES string of the molecule is CC1CCCCC1Cn1c(N)nc2cc(F)c(Cl)cc21. The van der Waals surface area contributed by atoms with Crippen LogP contribution in [0.25, 0.3) is 11.0 Å². The lowest BCUT2D eigenvalue weighted by Gasteiger charge is -2.29. The van der Waals surface area contributed by atoms with Crippen molar-refractivity contribution in [3.8, 4) is 0 Å². The molecular formula is C15H19ClFN3. The molecule has 0 bridgehead atoms. The summed E-state index contributed by atoms with van der Waals surface area (Å²) in [5, 5.41) is 0.121. The fraction of sp³-hybridized carbons (Fsp3) is 0.533. The van der Waals surface area contributed by atoms with Crippen molar-refractivity contribution in [2.45, 2.75) is 39.2 Å². The van der Waals surface area contributed by atoms with E-state index < -0.39 is 5.82 Å². The van der Waals surface area contributed by atoms with Gasteiger partial charge in [0, 0.05) is 12.6 Å². The number of nitrogens with two attached hydrogens (primary N) is 1. The molecule has 0 radical (unpaired) electrons. The first-order chi connectivity index (χ1) is 9.56. The van der Waals surface area contributed by atoms with Gasteiger partial charge in [0.1, 0.15) is 5.82 Å². The number of fused-ring (bicyclic) bond motifs is 1. The van der Waals surface area contributed by atoms with E-state index >= 15 is 0 Å². The lowest BCUT2D eigenvalue weighted by molar-refractivity contribution is 0.231. The van der Waals surface area contributed by atoms with Gasteiger partial charge in [0.05, 0.1) is 16.1 Å². The molecule has 0 aliphatic heterocycles. The summed E-state index contributed by atoms with van der Waals surface area (Å²) in [6.45, 7) is 3.14. The number of hydrogen-bond donors (Lipinski definition) is 1. The number of halogens is 2. The maximum atomic E-state index is 13.5. The van der Waals surface area contributed by atoms with Crippen LogP contribution < -0.4 is 5.73 Å². The van der Waals surface area contributed by atoms with Crippen molar-refractivity contribution in [1.29, 1.82) is 0 Å². The summed E-state index contributed by atoms with van der Waals surface area (Å²) in [5.41, 5.74) is 7.40. The van der Waals surface area contributed by atoms with Gasteiger partial charge in [-0.1, -0.05) is 37.8 Å². The first kappa shape index (κ1) is 13.7. The molecule has 2 unspecified atom stereocenters. The Bertz CT molecular complexity index is 638. The molecule has 1 aromatic carbocycles. The van der Waals surface area contributed by atoms with Crippen LogP contribution in [0.2, 0.25) is 5.02 Å². The average Bonchev–Trinajstić information content (AvgIpc) is 2.69. The molecule has 1 aliphatic rings. The number of hydrogen-bond acceptors (Lipinski definition) is 2. The summed E-state index contributed by atoms with van der Waals surface area (Å²) >= 11 is 5.88. The zero-order valence-electron chi connectivity index (χ0n) is 11.6. The Kier molecular flexibility index (Phi) is 3.59. The lowest BCUT2D eigenvalue weighted by Crippen LogP contribution is -2.22. The van der Waals surface area contributed by atoms with Gasteiger partial charge in [-0.15, -0.1) is 0 Å². The number of nitrogens with zero attached hydrogens (tertiary/aromatic N) is 2. The van der Waals surface area contributed by atoms with Crippen LogP contribution >= 0.6 is 11.6 Å². The minimum atomic E-state index is -0.449. The van der Waals surface area contributed by atoms with Crippen LogP contribution in [-0.2, 0) is 6.54 Å². The summed E-state index contributed by atoms with van der Waals surface area (Å²) in [4.78, 5) is 4.25. The van der Waals surface area contributed by atoms with E-state index in [0.717, 1.165) is 12.1 Å². The Labute approximate surface area is 122 Å². The predicted octanol–water partition coefficient (Wildman–Crippen LogP) is 4.24. The summed E-state index contributed by atoms with van der Waals surface area (Å²) in [7, 11) is 0. The third-order valence-electron chi connectivity index (χ3n) is 4.53. The van der Waals surface area contributed by atoms with Crippen LogP contribution in [0.4, 0.5) is 10.3 Å². The Hall–Kier alpha value is -1.29. The lowest BCUT2D eigenvalue weighted by atomic mass is 9.80. The van der Waals surface area contributed by atoms with E-state index in [0.29, 0.717) is 23.3 Å². The number of imidazole rings is 1. The fourth-order valence-corrected chi connectivity index (χ4v) is 3.39. The van der Waals surface area contributed by atoms with Crippen LogP contribution in [0.15, 0.2) is 12.1 Å². The molecule has 1 saturated carbocycles. The topological polar surface area (TPSA) is 43.8 Å². The smallest absolute Gasteiger partial charge is 0.201 e. The quantitative estimate of drug-likeness (QED) is 0.900. The van der Waals surface area contributed by atoms with Crippen molar-refractivity contribution < 1.29 is 4.39 Å². The van der Waals surface area contributed by atoms with Crippen LogP contribution in [0.3, 0.4) is 0 Å². The van der Waals surface area contributed by atoms with Gasteiger partial charge >= 0.3 is 0 Å². The van der Waals surface area contributed by atoms with Gasteiger partial charge in [0.2, 0.25) is 5.95 Å². The van der Waals surface area contributed by atoms with E-state index in [9.17, 15) is 4.39 Å². The molecule has 1 fully saturated rings. The van der Waals surface area contributed by atoms with Crippen LogP contribution in [-0.4, -0.2) is 9.55 Å². The standard InChI is InChI=1S/C15H19ClFN3/c1-9-4-2-3-5-10(9)8-20-14-6-11(16)12(17)7-13(14)19-15(20)18/h6-7,9-10H,2-5,8H2,1H3,(H2,18,19). The van der Waals surface area contributed by atoms with Gasteiger partial charge in [0.25, 0.3) is 0 Å². The second kappa shape index (κ2) is 5.24. The highest BCUT2D eigenvalue weighted by Crippen LogP contribution is 2.33. The molecule has 3 rings (SSSR count). The Balaban J connectivity index is 1.98. The molecule has 0 amide bonds. The summed E-state index contributed by atoms with van der Waals surface area (Å²) < 4.78 is 15.5. The molecule has 1 heterocycles. The van der Waals surface area contributed by atoms with Crippen molar-refractivity contribution in [3.63, 3.8) is 0 Å². The maximum Gasteiger partial charge on any atom is 0.201 e. The Morgan fingerprint density at radius 1 is 1.40 bits per heavy atom. The summed E-state index contributed by atoms with van der Waals surface area (Å²) in [6, 6.07) is 2.98. The van der Waals surface area contributed by atoms with Crippen molar-refractivity contribution in [3.05, 3.63) is 23.0 Å². The van der Waals surface area contributed by atoms with Crippen LogP contribution in [0.5, 0.6) is 0 Å². The molecule has 2 N–H and O–H groups in total. The van der Waals surface area contributed by atoms with E-state index in [2.05, 4.69) is 11.9 Å². The average molecular weight is 296 g/mol. The molecule has 1 aromatic heterocycles. The maximum absolute atomic E-state index is 13.5. The number of anilines is 1. The van der Waals surface area contributed by atoms with Gasteiger partial charge in [-0.3, -0.25) is 0 Å². The van der Waals surface area contributed by atoms with E-state index in [1.807, 2.05) is 4.57 Å². The molecule has 108 valence electrons. The molecule has 20 heavy (non-hydrogen) atoms. The normalized spacial score (nSPS) is 23.4. The molecule has 0 saturated heterocycles. The van der Waals surface area contributed by atoms with Crippen LogP contribution in [0, 0.1) is 17.7 Å². The van der Waals surface area contributed by atoms with Crippen molar-refractivity contribution in [2.75, 3.05) is 5.73 Å². The van der Waals surface area contributed by atoms with Gasteiger partial charge in [0.15, 0.2) is 0 Å². The monoisotopic (exact) mass is 295 g/mol. The van der Waals surface area contributed by atoms with E-state index in [-0.39, 0.29) is 5.02 Å². The number of rotatable bonds is 2. The van der Waals surface area contributed by atoms with Gasteiger partial charge in [-0.2, -0.15) is 0 Å². The zero-order valence-corrected chi connectivity index (χ0v) is 12.3. The highest BCUT2D eigenvalue weighted by Gasteiger charge is 2.23.